The number of hydrogen-bond acceptors (Lipinski definition) is 0. The second-order valence-corrected chi connectivity index (χ2v) is 7.41. The molecule has 4 aromatic carbocycles. The van der Waals surface area contributed by atoms with Crippen molar-refractivity contribution in [1.29, 1.82) is 0 Å². The second kappa shape index (κ2) is 6.88. The van der Waals surface area contributed by atoms with Crippen molar-refractivity contribution in [3.05, 3.63) is 92.9 Å². The topological polar surface area (TPSA) is 0 Å². The summed E-state index contributed by atoms with van der Waals surface area (Å²) in [5.74, 6) is 0. The Hall–Kier alpha value is -1.73. The zero-order chi connectivity index (χ0) is 17.4. The van der Waals surface area contributed by atoms with Gasteiger partial charge in [-0.15, -0.1) is 0 Å². The maximum atomic E-state index is 6.45. The molecule has 0 unspecified atom stereocenters. The molecule has 4 rings (SSSR count). The van der Waals surface area contributed by atoms with E-state index in [1.807, 2.05) is 48.5 Å². The Morgan fingerprint density at radius 3 is 2.20 bits per heavy atom. The summed E-state index contributed by atoms with van der Waals surface area (Å²) in [6, 6.07) is 22.3. The van der Waals surface area contributed by atoms with E-state index in [0.29, 0.717) is 0 Å². The normalized spacial score (nSPS) is 11.3. The van der Waals surface area contributed by atoms with E-state index in [4.69, 9.17) is 34.8 Å². The van der Waals surface area contributed by atoms with Crippen molar-refractivity contribution in [2.24, 2.45) is 0 Å². The Balaban J connectivity index is 1.76. The molecule has 0 N–H and O–H groups in total. The molecule has 0 bridgehead atoms. The minimum atomic E-state index is 0.741. The van der Waals surface area contributed by atoms with Gasteiger partial charge in [0.1, 0.15) is 0 Å². The van der Waals surface area contributed by atoms with Crippen molar-refractivity contribution < 1.29 is 0 Å². The van der Waals surface area contributed by atoms with Gasteiger partial charge in [-0.2, -0.15) is 0 Å². The lowest BCUT2D eigenvalue weighted by atomic mass is 9.96. The van der Waals surface area contributed by atoms with E-state index in [9.17, 15) is 0 Å². The summed E-state index contributed by atoms with van der Waals surface area (Å²) in [6.45, 7) is 0. The minimum Gasteiger partial charge on any atom is -0.0843 e. The van der Waals surface area contributed by atoms with Crippen LogP contribution in [-0.4, -0.2) is 0 Å². The first kappa shape index (κ1) is 16.7. The molecule has 0 aliphatic rings. The molecule has 25 heavy (non-hydrogen) atoms. The van der Waals surface area contributed by atoms with Crippen LogP contribution in [0.1, 0.15) is 11.1 Å². The van der Waals surface area contributed by atoms with Crippen LogP contribution < -0.4 is 0 Å². The summed E-state index contributed by atoms with van der Waals surface area (Å²) < 4.78 is 0. The average molecular weight is 386 g/mol. The van der Waals surface area contributed by atoms with Crippen LogP contribution in [0.3, 0.4) is 0 Å². The number of hydrogen-bond donors (Lipinski definition) is 0. The van der Waals surface area contributed by atoms with Crippen LogP contribution in [-0.2, 0) is 12.8 Å². The Morgan fingerprint density at radius 2 is 1.36 bits per heavy atom. The van der Waals surface area contributed by atoms with E-state index in [1.54, 1.807) is 0 Å². The molecule has 0 aromatic heterocycles. The standard InChI is InChI=1S/C22H15Cl3/c23-17-12-15-4-3-7-21(25)22(15)16(13-17)9-8-14-10-11-20(24)19-6-2-1-5-18(14)19/h1-7,10-13H,8-9H2. The molecule has 0 amide bonds. The van der Waals surface area contributed by atoms with Crippen LogP contribution in [0, 0.1) is 0 Å². The molecule has 0 spiro atoms. The highest BCUT2D eigenvalue weighted by atomic mass is 35.5. The molecule has 0 radical (unpaired) electrons. The zero-order valence-corrected chi connectivity index (χ0v) is 15.7. The van der Waals surface area contributed by atoms with Gasteiger partial charge in [-0.3, -0.25) is 0 Å². The largest absolute Gasteiger partial charge is 0.0843 e. The van der Waals surface area contributed by atoms with E-state index in [0.717, 1.165) is 44.1 Å². The van der Waals surface area contributed by atoms with Gasteiger partial charge in [0.25, 0.3) is 0 Å². The number of fused-ring (bicyclic) bond motifs is 2. The molecular weight excluding hydrogens is 371 g/mol. The van der Waals surface area contributed by atoms with Gasteiger partial charge in [-0.05, 0) is 59.0 Å². The Labute approximate surface area is 161 Å². The fourth-order valence-electron chi connectivity index (χ4n) is 3.44. The van der Waals surface area contributed by atoms with Crippen LogP contribution in [0.2, 0.25) is 15.1 Å². The maximum absolute atomic E-state index is 6.45. The minimum absolute atomic E-state index is 0.741. The molecule has 4 aromatic rings. The van der Waals surface area contributed by atoms with E-state index < -0.39 is 0 Å². The van der Waals surface area contributed by atoms with Crippen molar-refractivity contribution in [3.8, 4) is 0 Å². The SMILES string of the molecule is Clc1cc(CCc2ccc(Cl)c3ccccc23)c2c(Cl)cccc2c1. The van der Waals surface area contributed by atoms with Gasteiger partial charge in [0, 0.05) is 25.8 Å². The van der Waals surface area contributed by atoms with E-state index in [-0.39, 0.29) is 0 Å². The van der Waals surface area contributed by atoms with E-state index >= 15 is 0 Å². The average Bonchev–Trinajstić information content (AvgIpc) is 2.61. The second-order valence-electron chi connectivity index (χ2n) is 6.15. The fourth-order valence-corrected chi connectivity index (χ4v) is 4.22. The van der Waals surface area contributed by atoms with Gasteiger partial charge in [-0.25, -0.2) is 0 Å². The lowest BCUT2D eigenvalue weighted by molar-refractivity contribution is 0.978. The summed E-state index contributed by atoms with van der Waals surface area (Å²) in [4.78, 5) is 0. The van der Waals surface area contributed by atoms with Gasteiger partial charge in [0.05, 0.1) is 0 Å². The summed E-state index contributed by atoms with van der Waals surface area (Å²) in [5.41, 5.74) is 2.45. The Morgan fingerprint density at radius 1 is 0.600 bits per heavy atom. The first-order valence-electron chi connectivity index (χ1n) is 8.16. The third-order valence-corrected chi connectivity index (χ3v) is 5.46. The number of benzene rings is 4. The lowest BCUT2D eigenvalue weighted by Gasteiger charge is -2.11. The van der Waals surface area contributed by atoms with Crippen molar-refractivity contribution in [2.75, 3.05) is 0 Å². The van der Waals surface area contributed by atoms with Crippen LogP contribution in [0.5, 0.6) is 0 Å². The lowest BCUT2D eigenvalue weighted by Crippen LogP contribution is -1.95. The van der Waals surface area contributed by atoms with Gasteiger partial charge >= 0.3 is 0 Å². The number of rotatable bonds is 3. The molecule has 3 heteroatoms. The van der Waals surface area contributed by atoms with Crippen LogP contribution >= 0.6 is 34.8 Å². The van der Waals surface area contributed by atoms with Crippen molar-refractivity contribution >= 4 is 56.3 Å². The van der Waals surface area contributed by atoms with Crippen LogP contribution in [0.25, 0.3) is 21.5 Å². The third kappa shape index (κ3) is 3.22. The highest BCUT2D eigenvalue weighted by Crippen LogP contribution is 2.32. The molecule has 0 fully saturated rings. The van der Waals surface area contributed by atoms with Gasteiger partial charge in [0.2, 0.25) is 0 Å². The molecule has 124 valence electrons. The van der Waals surface area contributed by atoms with Gasteiger partial charge < -0.3 is 0 Å². The molecule has 0 atom stereocenters. The fraction of sp³-hybridized carbons (Fsp3) is 0.0909. The Bertz CT molecular complexity index is 1080. The van der Waals surface area contributed by atoms with Crippen molar-refractivity contribution in [3.63, 3.8) is 0 Å². The highest BCUT2D eigenvalue weighted by Gasteiger charge is 2.09. The van der Waals surface area contributed by atoms with Crippen molar-refractivity contribution in [1.82, 2.24) is 0 Å². The van der Waals surface area contributed by atoms with E-state index in [2.05, 4.69) is 18.2 Å². The highest BCUT2D eigenvalue weighted by molar-refractivity contribution is 6.37. The van der Waals surface area contributed by atoms with Crippen LogP contribution in [0.15, 0.2) is 66.7 Å². The molecular formula is C22H15Cl3. The molecule has 0 saturated carbocycles. The van der Waals surface area contributed by atoms with Crippen LogP contribution in [0.4, 0.5) is 0 Å². The van der Waals surface area contributed by atoms with Gasteiger partial charge in [0.15, 0.2) is 0 Å². The summed E-state index contributed by atoms with van der Waals surface area (Å²) in [7, 11) is 0. The number of halogens is 3. The quantitative estimate of drug-likeness (QED) is 0.338. The van der Waals surface area contributed by atoms with E-state index in [1.165, 1.54) is 16.5 Å². The summed E-state index contributed by atoms with van der Waals surface area (Å²) >= 11 is 19.1. The molecule has 0 aliphatic heterocycles. The molecule has 0 heterocycles. The third-order valence-electron chi connectivity index (χ3n) is 4.60. The van der Waals surface area contributed by atoms with Gasteiger partial charge in [-0.1, -0.05) is 77.3 Å². The molecule has 0 nitrogen and oxygen atoms in total. The Kier molecular flexibility index (Phi) is 4.60. The summed E-state index contributed by atoms with van der Waals surface area (Å²) in [5, 5.41) is 6.76. The predicted molar refractivity (Wildman–Crippen MR) is 110 cm³/mol. The smallest absolute Gasteiger partial charge is 0.0487 e. The molecule has 0 aliphatic carbocycles. The zero-order valence-electron chi connectivity index (χ0n) is 13.4. The first-order valence-corrected chi connectivity index (χ1v) is 9.29. The first-order chi connectivity index (χ1) is 12.1. The maximum Gasteiger partial charge on any atom is 0.0487 e. The molecule has 0 saturated heterocycles. The number of aryl methyl sites for hydroxylation is 2. The monoisotopic (exact) mass is 384 g/mol. The predicted octanol–water partition coefficient (Wildman–Crippen LogP) is 7.74. The van der Waals surface area contributed by atoms with Crippen molar-refractivity contribution in [2.45, 2.75) is 12.8 Å². The summed E-state index contributed by atoms with van der Waals surface area (Å²) in [6.07, 6.45) is 1.77.